The zero-order valence-electron chi connectivity index (χ0n) is 24.0. The molecule has 0 bridgehead atoms. The summed E-state index contributed by atoms with van der Waals surface area (Å²) in [4.78, 5) is 22.4. The zero-order valence-corrected chi connectivity index (χ0v) is 24.0. The molecule has 2 aliphatic heterocycles. The summed E-state index contributed by atoms with van der Waals surface area (Å²) in [5.41, 5.74) is 14.1. The van der Waals surface area contributed by atoms with Crippen molar-refractivity contribution in [2.45, 2.75) is 43.9 Å². The van der Waals surface area contributed by atoms with Crippen LogP contribution in [0.15, 0.2) is 95.0 Å². The minimum absolute atomic E-state index is 0.0611. The molecule has 1 amide bonds. The second kappa shape index (κ2) is 14.5. The molecule has 10 heteroatoms. The molecule has 2 heterocycles. The average Bonchev–Trinajstić information content (AvgIpc) is 3.70. The van der Waals surface area contributed by atoms with Crippen molar-refractivity contribution in [2.75, 3.05) is 26.3 Å². The molecule has 222 valence electrons. The Labute approximate surface area is 251 Å². The molecular weight excluding hydrogens is 544 g/mol. The van der Waals surface area contributed by atoms with E-state index < -0.39 is 11.6 Å². The Morgan fingerprint density at radius 3 is 2.60 bits per heavy atom. The lowest BCUT2D eigenvalue weighted by Crippen LogP contribution is -2.53. The quantitative estimate of drug-likeness (QED) is 0.115. The molecule has 3 aromatic rings. The maximum absolute atomic E-state index is 14.4. The summed E-state index contributed by atoms with van der Waals surface area (Å²) in [5, 5.41) is 14.8. The highest BCUT2D eigenvalue weighted by atomic mass is 16.5. The van der Waals surface area contributed by atoms with Gasteiger partial charge in [0.1, 0.15) is 5.75 Å². The van der Waals surface area contributed by atoms with Crippen molar-refractivity contribution in [1.82, 2.24) is 10.4 Å². The summed E-state index contributed by atoms with van der Waals surface area (Å²) in [5.74, 6) is 0.751. The van der Waals surface area contributed by atoms with Gasteiger partial charge in [0, 0.05) is 43.0 Å². The van der Waals surface area contributed by atoms with E-state index in [2.05, 4.69) is 15.5 Å². The molecule has 0 aliphatic carbocycles. The van der Waals surface area contributed by atoms with Crippen LogP contribution in [0.4, 0.5) is 0 Å². The molecule has 1 saturated heterocycles. The molecule has 0 spiro atoms. The minimum Gasteiger partial charge on any atom is -0.494 e. The first-order chi connectivity index (χ1) is 21.1. The van der Waals surface area contributed by atoms with Crippen LogP contribution in [0.1, 0.15) is 54.0 Å². The van der Waals surface area contributed by atoms with Gasteiger partial charge in [-0.25, -0.2) is 10.0 Å². The van der Waals surface area contributed by atoms with Crippen molar-refractivity contribution < 1.29 is 19.4 Å². The van der Waals surface area contributed by atoms with Crippen LogP contribution in [-0.2, 0) is 16.1 Å². The average molecular weight is 581 g/mol. The molecule has 0 radical (unpaired) electrons. The molecule has 2 aliphatic rings. The van der Waals surface area contributed by atoms with Crippen LogP contribution < -0.4 is 10.2 Å². The smallest absolute Gasteiger partial charge is 0.266 e. The predicted molar refractivity (Wildman–Crippen MR) is 165 cm³/mol. The number of nitrogens with one attached hydrogen (secondary N) is 1. The number of aliphatic imine (C=N–C) groups is 1. The maximum Gasteiger partial charge on any atom is 0.266 e. The number of carbonyl (C=O) groups is 1. The summed E-state index contributed by atoms with van der Waals surface area (Å²) in [7, 11) is 0. The molecule has 43 heavy (non-hydrogen) atoms. The number of benzene rings is 3. The van der Waals surface area contributed by atoms with Crippen molar-refractivity contribution in [3.63, 3.8) is 0 Å². The third-order valence-electron chi connectivity index (χ3n) is 7.58. The van der Waals surface area contributed by atoms with Gasteiger partial charge in [0.15, 0.2) is 11.6 Å². The van der Waals surface area contributed by atoms with Crippen LogP contribution in [-0.4, -0.2) is 53.8 Å². The molecule has 0 unspecified atom stereocenters. The summed E-state index contributed by atoms with van der Waals surface area (Å²) in [6, 6.07) is 24.8. The fourth-order valence-corrected chi connectivity index (χ4v) is 5.34. The number of hydrogen-bond acceptors (Lipinski definition) is 7. The van der Waals surface area contributed by atoms with E-state index in [1.807, 2.05) is 96.0 Å². The van der Waals surface area contributed by atoms with Gasteiger partial charge in [-0.1, -0.05) is 71.9 Å². The van der Waals surface area contributed by atoms with Crippen molar-refractivity contribution in [2.24, 2.45) is 10.1 Å². The largest absolute Gasteiger partial charge is 0.494 e. The Bertz CT molecular complexity index is 1480. The lowest BCUT2D eigenvalue weighted by atomic mass is 9.82. The number of nitrogens with zero attached hydrogens (tertiary/aromatic N) is 5. The molecule has 0 aromatic heterocycles. The molecular formula is C33H36N6O4. The molecule has 1 fully saturated rings. The van der Waals surface area contributed by atoms with Crippen LogP contribution in [0.2, 0.25) is 0 Å². The summed E-state index contributed by atoms with van der Waals surface area (Å²) >= 11 is 0. The van der Waals surface area contributed by atoms with Gasteiger partial charge in [-0.2, -0.15) is 0 Å². The first kappa shape index (κ1) is 29.8. The number of carbonyl (C=O) groups excluding carboxylic acids is 1. The molecule has 2 atom stereocenters. The van der Waals surface area contributed by atoms with Gasteiger partial charge in [-0.3, -0.25) is 10.2 Å². The first-order valence-electron chi connectivity index (χ1n) is 14.6. The van der Waals surface area contributed by atoms with Gasteiger partial charge in [0.2, 0.25) is 5.90 Å². The number of amides is 1. The normalized spacial score (nSPS) is 19.9. The summed E-state index contributed by atoms with van der Waals surface area (Å²) < 4.78 is 12.3. The molecule has 5 rings (SSSR count). The van der Waals surface area contributed by atoms with E-state index in [4.69, 9.17) is 25.1 Å². The second-order valence-electron chi connectivity index (χ2n) is 10.5. The van der Waals surface area contributed by atoms with E-state index in [0.717, 1.165) is 42.6 Å². The van der Waals surface area contributed by atoms with E-state index >= 15 is 0 Å². The Hall–Kier alpha value is -4.63. The van der Waals surface area contributed by atoms with Gasteiger partial charge < -0.3 is 14.6 Å². The molecule has 10 nitrogen and oxygen atoms in total. The fourth-order valence-electron chi connectivity index (χ4n) is 5.34. The van der Waals surface area contributed by atoms with Crippen molar-refractivity contribution in [1.29, 1.82) is 0 Å². The number of ether oxygens (including phenoxy) is 2. The highest BCUT2D eigenvalue weighted by Crippen LogP contribution is 2.44. The van der Waals surface area contributed by atoms with Crippen molar-refractivity contribution in [3.05, 3.63) is 118 Å². The highest BCUT2D eigenvalue weighted by Gasteiger charge is 2.53. The van der Waals surface area contributed by atoms with Crippen molar-refractivity contribution in [3.8, 4) is 5.75 Å². The number of azide groups is 1. The van der Waals surface area contributed by atoms with Gasteiger partial charge in [-0.15, -0.1) is 0 Å². The van der Waals surface area contributed by atoms with Crippen LogP contribution in [0.3, 0.4) is 0 Å². The lowest BCUT2D eigenvalue weighted by molar-refractivity contribution is -0.133. The zero-order chi connectivity index (χ0) is 29.9. The third-order valence-corrected chi connectivity index (χ3v) is 7.58. The number of hydrazine groups is 1. The fraction of sp³-hybridized carbons (Fsp3) is 0.333. The van der Waals surface area contributed by atoms with Crippen LogP contribution >= 0.6 is 0 Å². The monoisotopic (exact) mass is 580 g/mol. The maximum atomic E-state index is 14.4. The minimum atomic E-state index is -1.34. The number of hydrogen-bond donors (Lipinski definition) is 2. The van der Waals surface area contributed by atoms with E-state index in [9.17, 15) is 4.79 Å². The third kappa shape index (κ3) is 7.24. The Morgan fingerprint density at radius 2 is 1.86 bits per heavy atom. The number of aliphatic hydroxyl groups excluding tert-OH is 1. The van der Waals surface area contributed by atoms with Crippen LogP contribution in [0.25, 0.3) is 16.5 Å². The Kier molecular flexibility index (Phi) is 10.1. The molecule has 3 aromatic carbocycles. The van der Waals surface area contributed by atoms with Gasteiger partial charge >= 0.3 is 0 Å². The Balaban J connectivity index is 1.56. The molecule has 0 saturated carbocycles. The number of rotatable bonds is 13. The SMILES string of the molecule is [N-]=[N+]=NCc1ccccc1[C@@H]1OC(c2ccc(OCCCO)cc2)=N[C@]1(C/C=C/c1ccccc1)C(=O)NN1CCCC1. The first-order valence-corrected chi connectivity index (χ1v) is 14.6. The van der Waals surface area contributed by atoms with E-state index in [-0.39, 0.29) is 25.5 Å². The standard InChI is InChI=1S/C33H36N6O4/c34-38-35-24-27-13-4-5-14-29(27)30-33(32(41)37-39-20-6-7-21-39,19-8-12-25-10-2-1-3-11-25)36-31(43-30)26-15-17-28(18-16-26)42-23-9-22-40/h1-5,8,10-18,30,40H,6-7,9,19-24H2,(H,37,41)/b12-8+/t30-,33-/m0/s1. The van der Waals surface area contributed by atoms with E-state index in [1.54, 1.807) is 0 Å². The van der Waals surface area contributed by atoms with Gasteiger partial charge in [-0.05, 0) is 59.3 Å². The van der Waals surface area contributed by atoms with Crippen LogP contribution in [0.5, 0.6) is 5.75 Å². The topological polar surface area (TPSA) is 132 Å². The highest BCUT2D eigenvalue weighted by molar-refractivity contribution is 6.01. The second-order valence-corrected chi connectivity index (χ2v) is 10.5. The summed E-state index contributed by atoms with van der Waals surface area (Å²) in [6.45, 7) is 2.13. The van der Waals surface area contributed by atoms with Gasteiger partial charge in [0.05, 0.1) is 13.2 Å². The van der Waals surface area contributed by atoms with Crippen LogP contribution in [0, 0.1) is 0 Å². The van der Waals surface area contributed by atoms with Crippen molar-refractivity contribution >= 4 is 17.9 Å². The lowest BCUT2D eigenvalue weighted by Gasteiger charge is -2.32. The molecule has 2 N–H and O–H groups in total. The van der Waals surface area contributed by atoms with E-state index in [1.165, 1.54) is 0 Å². The van der Waals surface area contributed by atoms with Gasteiger partial charge in [0.25, 0.3) is 5.91 Å². The summed E-state index contributed by atoms with van der Waals surface area (Å²) in [6.07, 6.45) is 6.01. The Morgan fingerprint density at radius 1 is 1.12 bits per heavy atom. The predicted octanol–water partition coefficient (Wildman–Crippen LogP) is 5.75. The number of aliphatic hydroxyl groups is 1. The van der Waals surface area contributed by atoms with E-state index in [0.29, 0.717) is 30.2 Å².